The van der Waals surface area contributed by atoms with Crippen LogP contribution in [0.1, 0.15) is 52.1 Å². The van der Waals surface area contributed by atoms with Gasteiger partial charge in [0.15, 0.2) is 0 Å². The first-order chi connectivity index (χ1) is 17.4. The quantitative estimate of drug-likeness (QED) is 0.510. The van der Waals surface area contributed by atoms with Crippen LogP contribution in [0.25, 0.3) is 4.85 Å². The van der Waals surface area contributed by atoms with E-state index in [9.17, 15) is 19.2 Å². The van der Waals surface area contributed by atoms with Crippen molar-refractivity contribution in [2.75, 3.05) is 31.1 Å². The minimum Gasteiger partial charge on any atom is -0.370 e. The molecule has 10 nitrogen and oxygen atoms in total. The van der Waals surface area contributed by atoms with E-state index in [2.05, 4.69) is 20.0 Å². The van der Waals surface area contributed by atoms with Crippen LogP contribution in [0.15, 0.2) is 30.5 Å². The molecule has 1 atom stereocenters. The van der Waals surface area contributed by atoms with Crippen molar-refractivity contribution in [1.82, 2.24) is 20.1 Å². The molecule has 1 aromatic heterocycles. The zero-order chi connectivity index (χ0) is 25.0. The number of aromatic amines is 1. The van der Waals surface area contributed by atoms with Gasteiger partial charge in [0.1, 0.15) is 6.04 Å². The maximum Gasteiger partial charge on any atom is 0.268 e. The van der Waals surface area contributed by atoms with Crippen LogP contribution >= 0.6 is 0 Å². The molecule has 0 bridgehead atoms. The lowest BCUT2D eigenvalue weighted by Gasteiger charge is -2.55. The second kappa shape index (κ2) is 8.22. The lowest BCUT2D eigenvalue weighted by Crippen LogP contribution is -2.61. The number of H-pyrrole nitrogens is 1. The Morgan fingerprint density at radius 1 is 1.11 bits per heavy atom. The van der Waals surface area contributed by atoms with Gasteiger partial charge in [-0.15, -0.1) is 0 Å². The Morgan fingerprint density at radius 3 is 2.58 bits per heavy atom. The second-order valence-electron chi connectivity index (χ2n) is 10.3. The summed E-state index contributed by atoms with van der Waals surface area (Å²) in [6.45, 7) is 10.6. The fraction of sp³-hybridized carbons (Fsp3) is 0.423. The van der Waals surface area contributed by atoms with E-state index in [4.69, 9.17) is 6.57 Å². The number of imide groups is 1. The molecule has 0 saturated carbocycles. The molecule has 4 aliphatic heterocycles. The molecule has 3 fully saturated rings. The maximum atomic E-state index is 12.9. The Bertz CT molecular complexity index is 1320. The van der Waals surface area contributed by atoms with E-state index >= 15 is 0 Å². The highest BCUT2D eigenvalue weighted by Crippen LogP contribution is 2.43. The predicted octanol–water partition coefficient (Wildman–Crippen LogP) is 2.07. The van der Waals surface area contributed by atoms with Gasteiger partial charge in [0.25, 0.3) is 11.8 Å². The summed E-state index contributed by atoms with van der Waals surface area (Å²) in [7, 11) is 0. The first-order valence-electron chi connectivity index (χ1n) is 12.2. The number of anilines is 1. The fourth-order valence-electron chi connectivity index (χ4n) is 5.95. The summed E-state index contributed by atoms with van der Waals surface area (Å²) in [6, 6.07) is 6.86. The highest BCUT2D eigenvalue weighted by Gasteiger charge is 2.46. The number of piperidine rings is 2. The Labute approximate surface area is 208 Å². The lowest BCUT2D eigenvalue weighted by molar-refractivity contribution is -0.136. The molecular formula is C26H26N6O4. The SMILES string of the molecule is [C-]#[N+]c1c[nH]c(C(=O)N2CCC3(CC2)CN(c2ccc4c(c2)CN(C2CCC(=O)NC2=O)C4=O)C3)c1. The Hall–Kier alpha value is -4.13. The van der Waals surface area contributed by atoms with Crippen LogP contribution in [-0.2, 0) is 16.1 Å². The number of hydrogen-bond donors (Lipinski definition) is 2. The molecule has 4 aliphatic rings. The minimum absolute atomic E-state index is 0.0558. The van der Waals surface area contributed by atoms with Crippen LogP contribution in [0.3, 0.4) is 0 Å². The Kier molecular flexibility index (Phi) is 5.10. The van der Waals surface area contributed by atoms with E-state index in [1.165, 1.54) is 0 Å². The van der Waals surface area contributed by atoms with Crippen LogP contribution in [-0.4, -0.2) is 70.6 Å². The summed E-state index contributed by atoms with van der Waals surface area (Å²) in [6.07, 6.45) is 4.02. The zero-order valence-corrected chi connectivity index (χ0v) is 19.7. The van der Waals surface area contributed by atoms with Crippen molar-refractivity contribution < 1.29 is 19.2 Å². The highest BCUT2D eigenvalue weighted by atomic mass is 16.2. The largest absolute Gasteiger partial charge is 0.370 e. The molecule has 4 amide bonds. The third-order valence-corrected chi connectivity index (χ3v) is 8.06. The Balaban J connectivity index is 1.07. The molecule has 0 radical (unpaired) electrons. The van der Waals surface area contributed by atoms with Gasteiger partial charge < -0.3 is 19.7 Å². The summed E-state index contributed by atoms with van der Waals surface area (Å²) >= 11 is 0. The van der Waals surface area contributed by atoms with Crippen LogP contribution in [0.5, 0.6) is 0 Å². The van der Waals surface area contributed by atoms with Crippen molar-refractivity contribution in [2.45, 2.75) is 38.3 Å². The molecule has 5 heterocycles. The third-order valence-electron chi connectivity index (χ3n) is 8.06. The van der Waals surface area contributed by atoms with Gasteiger partial charge in [0.05, 0.1) is 12.3 Å². The second-order valence-corrected chi connectivity index (χ2v) is 10.3. The molecule has 10 heteroatoms. The molecular weight excluding hydrogens is 460 g/mol. The summed E-state index contributed by atoms with van der Waals surface area (Å²) in [5.41, 5.74) is 3.68. The average Bonchev–Trinajstić information content (AvgIpc) is 3.47. The van der Waals surface area contributed by atoms with E-state index in [1.807, 2.05) is 23.1 Å². The normalized spacial score (nSPS) is 22.8. The van der Waals surface area contributed by atoms with Gasteiger partial charge in [-0.1, -0.05) is 0 Å². The number of likely N-dealkylation sites (tertiary alicyclic amines) is 1. The van der Waals surface area contributed by atoms with Crippen molar-refractivity contribution in [1.29, 1.82) is 0 Å². The van der Waals surface area contributed by atoms with Gasteiger partial charge in [-0.25, -0.2) is 4.85 Å². The van der Waals surface area contributed by atoms with Gasteiger partial charge in [0, 0.05) is 62.0 Å². The van der Waals surface area contributed by atoms with E-state index < -0.39 is 11.9 Å². The van der Waals surface area contributed by atoms with Gasteiger partial charge in [-0.05, 0) is 49.1 Å². The third kappa shape index (κ3) is 3.63. The number of fused-ring (bicyclic) bond motifs is 1. The van der Waals surface area contributed by atoms with Gasteiger partial charge >= 0.3 is 0 Å². The van der Waals surface area contributed by atoms with Crippen LogP contribution < -0.4 is 10.2 Å². The van der Waals surface area contributed by atoms with E-state index in [-0.39, 0.29) is 29.6 Å². The average molecular weight is 487 g/mol. The summed E-state index contributed by atoms with van der Waals surface area (Å²) in [5, 5.41) is 2.34. The standard InChI is InChI=1S/C26H26N6O4/c1-27-17-11-20(28-12-17)25(36)30-8-6-26(7-9-30)14-31(15-26)18-2-3-19-16(10-18)13-32(24(19)35)21-4-5-22(33)29-23(21)34/h2-3,10-12,21,28H,4-9,13-15H2,(H,29,33,34). The number of aromatic nitrogens is 1. The van der Waals surface area contributed by atoms with Crippen molar-refractivity contribution in [2.24, 2.45) is 5.41 Å². The summed E-state index contributed by atoms with van der Waals surface area (Å²) in [4.78, 5) is 61.4. The number of nitrogens with one attached hydrogen (secondary N) is 2. The molecule has 36 heavy (non-hydrogen) atoms. The monoisotopic (exact) mass is 486 g/mol. The lowest BCUT2D eigenvalue weighted by atomic mass is 9.71. The molecule has 184 valence electrons. The molecule has 1 aromatic carbocycles. The first kappa shape index (κ1) is 22.3. The van der Waals surface area contributed by atoms with E-state index in [0.717, 1.165) is 37.2 Å². The molecule has 6 rings (SSSR count). The van der Waals surface area contributed by atoms with Crippen molar-refractivity contribution in [3.63, 3.8) is 0 Å². The number of carbonyl (C=O) groups excluding carboxylic acids is 4. The van der Waals surface area contributed by atoms with Gasteiger partial charge in [-0.2, -0.15) is 0 Å². The first-order valence-corrected chi connectivity index (χ1v) is 12.2. The predicted molar refractivity (Wildman–Crippen MR) is 129 cm³/mol. The zero-order valence-electron chi connectivity index (χ0n) is 19.7. The van der Waals surface area contributed by atoms with Crippen LogP contribution in [0.2, 0.25) is 0 Å². The molecule has 1 unspecified atom stereocenters. The minimum atomic E-state index is -0.606. The summed E-state index contributed by atoms with van der Waals surface area (Å²) in [5.74, 6) is -0.901. The van der Waals surface area contributed by atoms with Crippen molar-refractivity contribution in [3.8, 4) is 0 Å². The van der Waals surface area contributed by atoms with Gasteiger partial charge in [-0.3, -0.25) is 24.5 Å². The van der Waals surface area contributed by atoms with Crippen LogP contribution in [0, 0.1) is 12.0 Å². The molecule has 2 N–H and O–H groups in total. The van der Waals surface area contributed by atoms with Crippen molar-refractivity contribution in [3.05, 3.63) is 58.7 Å². The van der Waals surface area contributed by atoms with Crippen LogP contribution in [0.4, 0.5) is 11.4 Å². The fourth-order valence-corrected chi connectivity index (χ4v) is 5.95. The van der Waals surface area contributed by atoms with Gasteiger partial charge in [0.2, 0.25) is 17.5 Å². The highest BCUT2D eigenvalue weighted by molar-refractivity contribution is 6.05. The maximum absolute atomic E-state index is 12.9. The number of hydrogen-bond acceptors (Lipinski definition) is 5. The number of rotatable bonds is 3. The molecule has 3 saturated heterocycles. The van der Waals surface area contributed by atoms with E-state index in [1.54, 1.807) is 17.2 Å². The number of amides is 4. The molecule has 2 aromatic rings. The summed E-state index contributed by atoms with van der Waals surface area (Å²) < 4.78 is 0. The Morgan fingerprint density at radius 2 is 1.89 bits per heavy atom. The van der Waals surface area contributed by atoms with Crippen molar-refractivity contribution >= 4 is 35.0 Å². The molecule has 0 aliphatic carbocycles. The topological polar surface area (TPSA) is 110 Å². The molecule has 1 spiro atoms. The number of nitrogens with zero attached hydrogens (tertiary/aromatic N) is 4. The number of benzene rings is 1. The smallest absolute Gasteiger partial charge is 0.268 e. The van der Waals surface area contributed by atoms with E-state index in [0.29, 0.717) is 43.0 Å². The number of carbonyl (C=O) groups is 4.